The Hall–Kier alpha value is -1.21. The van der Waals surface area contributed by atoms with Gasteiger partial charge in [0.15, 0.2) is 0 Å². The number of hydrogen-bond donors (Lipinski definition) is 0. The Balaban J connectivity index is 2.67. The first-order chi connectivity index (χ1) is 7.93. The van der Waals surface area contributed by atoms with Gasteiger partial charge in [-0.3, -0.25) is 0 Å². The van der Waals surface area contributed by atoms with Crippen LogP contribution in [-0.4, -0.2) is 22.6 Å². The first kappa shape index (κ1) is 12.3. The predicted octanol–water partition coefficient (Wildman–Crippen LogP) is 1.89. The molecule has 0 fully saturated rings. The summed E-state index contributed by atoms with van der Waals surface area (Å²) >= 11 is 3.33. The molecule has 0 bridgehead atoms. The molecule has 0 saturated carbocycles. The van der Waals surface area contributed by atoms with E-state index in [1.807, 2.05) is 13.0 Å². The molecule has 1 heterocycles. The Labute approximate surface area is 108 Å². The van der Waals surface area contributed by atoms with Crippen molar-refractivity contribution in [2.45, 2.75) is 18.7 Å². The van der Waals surface area contributed by atoms with Gasteiger partial charge in [-0.05, 0) is 31.0 Å². The molecule has 0 aliphatic heterocycles. The van der Waals surface area contributed by atoms with Gasteiger partial charge in [-0.15, -0.1) is 9.19 Å². The van der Waals surface area contributed by atoms with Crippen LogP contribution in [0.15, 0.2) is 34.2 Å². The van der Waals surface area contributed by atoms with Crippen molar-refractivity contribution >= 4 is 26.0 Å². The minimum Gasteiger partial charge on any atom is -0.222 e. The van der Waals surface area contributed by atoms with E-state index in [0.29, 0.717) is 5.56 Å². The number of aryl methyl sites for hydroxylation is 2. The van der Waals surface area contributed by atoms with Gasteiger partial charge in [0.2, 0.25) is 0 Å². The molecule has 1 aromatic heterocycles. The van der Waals surface area contributed by atoms with Gasteiger partial charge in [-0.1, -0.05) is 22.0 Å². The maximum atomic E-state index is 12.2. The summed E-state index contributed by atoms with van der Waals surface area (Å²) in [5.41, 5.74) is 1.67. The smallest absolute Gasteiger partial charge is 0.222 e. The van der Waals surface area contributed by atoms with Crippen LogP contribution in [0.1, 0.15) is 11.1 Å². The molecule has 5 nitrogen and oxygen atoms in total. The van der Waals surface area contributed by atoms with E-state index in [4.69, 9.17) is 0 Å². The topological polar surface area (TPSA) is 64.8 Å². The molecule has 0 aliphatic rings. The molecular formula is C10H10BrN3O2S. The van der Waals surface area contributed by atoms with Gasteiger partial charge in [-0.25, -0.2) is 4.98 Å². The normalized spacial score (nSPS) is 11.7. The Morgan fingerprint density at radius 2 is 1.94 bits per heavy atom. The molecule has 0 N–H and O–H groups in total. The quantitative estimate of drug-likeness (QED) is 0.849. The number of halogens is 1. The van der Waals surface area contributed by atoms with Crippen molar-refractivity contribution < 1.29 is 8.42 Å². The van der Waals surface area contributed by atoms with E-state index in [1.54, 1.807) is 13.0 Å². The zero-order valence-corrected chi connectivity index (χ0v) is 11.7. The van der Waals surface area contributed by atoms with Crippen molar-refractivity contribution in [3.05, 3.63) is 40.4 Å². The monoisotopic (exact) mass is 315 g/mol. The molecule has 90 valence electrons. The Bertz CT molecular complexity index is 650. The van der Waals surface area contributed by atoms with Crippen molar-refractivity contribution in [2.75, 3.05) is 0 Å². The van der Waals surface area contributed by atoms with Gasteiger partial charge in [0.05, 0.1) is 4.90 Å². The van der Waals surface area contributed by atoms with Crippen LogP contribution in [0.5, 0.6) is 0 Å². The van der Waals surface area contributed by atoms with Crippen LogP contribution < -0.4 is 0 Å². The van der Waals surface area contributed by atoms with Crippen LogP contribution in [0.4, 0.5) is 0 Å². The first-order valence-corrected chi connectivity index (χ1v) is 7.03. The molecule has 2 aromatic rings. The van der Waals surface area contributed by atoms with Crippen molar-refractivity contribution in [1.29, 1.82) is 0 Å². The predicted molar refractivity (Wildman–Crippen MR) is 66.2 cm³/mol. The third kappa shape index (κ3) is 2.12. The van der Waals surface area contributed by atoms with Crippen molar-refractivity contribution in [2.24, 2.45) is 0 Å². The molecule has 17 heavy (non-hydrogen) atoms. The van der Waals surface area contributed by atoms with Crippen LogP contribution in [0.3, 0.4) is 0 Å². The molecule has 1 aromatic carbocycles. The molecule has 0 saturated heterocycles. The van der Waals surface area contributed by atoms with Gasteiger partial charge in [0, 0.05) is 4.47 Å². The van der Waals surface area contributed by atoms with E-state index >= 15 is 0 Å². The van der Waals surface area contributed by atoms with Gasteiger partial charge in [-0.2, -0.15) is 8.42 Å². The molecule has 0 spiro atoms. The summed E-state index contributed by atoms with van der Waals surface area (Å²) in [7, 11) is -3.65. The summed E-state index contributed by atoms with van der Waals surface area (Å²) in [6.07, 6.45) is 2.36. The van der Waals surface area contributed by atoms with E-state index in [9.17, 15) is 8.42 Å². The highest BCUT2D eigenvalue weighted by atomic mass is 79.9. The lowest BCUT2D eigenvalue weighted by Crippen LogP contribution is -2.15. The van der Waals surface area contributed by atoms with E-state index in [0.717, 1.165) is 14.1 Å². The summed E-state index contributed by atoms with van der Waals surface area (Å²) in [4.78, 5) is 3.87. The minimum absolute atomic E-state index is 0.223. The molecule has 0 atom stereocenters. The second-order valence-corrected chi connectivity index (χ2v) is 6.26. The van der Waals surface area contributed by atoms with Crippen LogP contribution >= 0.6 is 15.9 Å². The van der Waals surface area contributed by atoms with Gasteiger partial charge < -0.3 is 0 Å². The number of nitrogens with zero attached hydrogens (tertiary/aromatic N) is 3. The molecular weight excluding hydrogens is 306 g/mol. The lowest BCUT2D eigenvalue weighted by atomic mass is 10.2. The third-order valence-electron chi connectivity index (χ3n) is 2.38. The first-order valence-electron chi connectivity index (χ1n) is 4.80. The van der Waals surface area contributed by atoms with Crippen molar-refractivity contribution in [1.82, 2.24) is 14.2 Å². The van der Waals surface area contributed by atoms with Crippen LogP contribution in [-0.2, 0) is 10.0 Å². The third-order valence-corrected chi connectivity index (χ3v) is 4.91. The molecule has 0 unspecified atom stereocenters. The summed E-state index contributed by atoms with van der Waals surface area (Å²) < 4.78 is 26.0. The number of rotatable bonds is 2. The maximum Gasteiger partial charge on any atom is 0.284 e. The summed E-state index contributed by atoms with van der Waals surface area (Å²) in [6, 6.07) is 3.40. The summed E-state index contributed by atoms with van der Waals surface area (Å²) in [5.74, 6) is 0. The summed E-state index contributed by atoms with van der Waals surface area (Å²) in [6.45, 7) is 3.66. The lowest BCUT2D eigenvalue weighted by molar-refractivity contribution is 0.579. The zero-order chi connectivity index (χ0) is 12.6. The van der Waals surface area contributed by atoms with Gasteiger partial charge >= 0.3 is 0 Å². The zero-order valence-electron chi connectivity index (χ0n) is 9.25. The van der Waals surface area contributed by atoms with Crippen LogP contribution in [0, 0.1) is 13.8 Å². The molecule has 7 heteroatoms. The molecule has 2 rings (SSSR count). The maximum absolute atomic E-state index is 12.2. The Morgan fingerprint density at radius 1 is 1.24 bits per heavy atom. The van der Waals surface area contributed by atoms with Gasteiger partial charge in [0.25, 0.3) is 10.0 Å². The molecule has 0 radical (unpaired) electrons. The minimum atomic E-state index is -3.65. The highest BCUT2D eigenvalue weighted by Crippen LogP contribution is 2.25. The van der Waals surface area contributed by atoms with E-state index in [1.165, 1.54) is 12.7 Å². The summed E-state index contributed by atoms with van der Waals surface area (Å²) in [5, 5.41) is 3.66. The Kier molecular flexibility index (Phi) is 3.05. The molecule has 0 amide bonds. The fraction of sp³-hybridized carbons (Fsp3) is 0.200. The largest absolute Gasteiger partial charge is 0.284 e. The fourth-order valence-electron chi connectivity index (χ4n) is 1.51. The molecule has 0 aliphatic carbocycles. The highest BCUT2D eigenvalue weighted by molar-refractivity contribution is 9.10. The van der Waals surface area contributed by atoms with Crippen LogP contribution in [0.2, 0.25) is 0 Å². The van der Waals surface area contributed by atoms with Crippen LogP contribution in [0.25, 0.3) is 0 Å². The second-order valence-electron chi connectivity index (χ2n) is 3.64. The van der Waals surface area contributed by atoms with Crippen molar-refractivity contribution in [3.8, 4) is 0 Å². The van der Waals surface area contributed by atoms with E-state index in [-0.39, 0.29) is 4.90 Å². The Morgan fingerprint density at radius 3 is 2.53 bits per heavy atom. The fourth-order valence-corrected chi connectivity index (χ4v) is 3.28. The average Bonchev–Trinajstić information content (AvgIpc) is 2.77. The number of aromatic nitrogens is 3. The number of benzene rings is 1. The SMILES string of the molecule is Cc1cc(C)c(S(=O)(=O)n2cncn2)cc1Br. The second kappa shape index (κ2) is 4.23. The standard InChI is InChI=1S/C10H10BrN3O2S/c1-7-3-8(2)10(4-9(7)11)17(15,16)14-6-12-5-13-14/h3-6H,1-2H3. The van der Waals surface area contributed by atoms with E-state index in [2.05, 4.69) is 26.0 Å². The lowest BCUT2D eigenvalue weighted by Gasteiger charge is -2.09. The van der Waals surface area contributed by atoms with E-state index < -0.39 is 10.0 Å². The van der Waals surface area contributed by atoms with Crippen molar-refractivity contribution in [3.63, 3.8) is 0 Å². The van der Waals surface area contributed by atoms with Gasteiger partial charge in [0.1, 0.15) is 12.7 Å². The highest BCUT2D eigenvalue weighted by Gasteiger charge is 2.20. The average molecular weight is 316 g/mol. The number of hydrogen-bond acceptors (Lipinski definition) is 4.